The molecule has 1 unspecified atom stereocenters. The first kappa shape index (κ1) is 15.8. The third-order valence-electron chi connectivity index (χ3n) is 2.96. The first-order valence-electron chi connectivity index (χ1n) is 5.86. The Hall–Kier alpha value is -0.580. The summed E-state index contributed by atoms with van der Waals surface area (Å²) in [4.78, 5) is 0. The van der Waals surface area contributed by atoms with E-state index in [2.05, 4.69) is 31.9 Å². The molecule has 0 aromatic heterocycles. The summed E-state index contributed by atoms with van der Waals surface area (Å²) in [6.45, 7) is 1.97. The van der Waals surface area contributed by atoms with Gasteiger partial charge in [-0.05, 0) is 48.4 Å². The minimum atomic E-state index is -0.492. The Bertz CT molecular complexity index is 626. The Labute approximate surface area is 139 Å². The van der Waals surface area contributed by atoms with Crippen molar-refractivity contribution < 1.29 is 9.13 Å². The summed E-state index contributed by atoms with van der Waals surface area (Å²) in [6, 6.07) is 8.44. The average molecular weight is 423 g/mol. The molecule has 0 heterocycles. The number of hydrogen-bond donors (Lipinski definition) is 0. The fourth-order valence-corrected chi connectivity index (χ4v) is 3.09. The molecule has 2 aromatic carbocycles. The van der Waals surface area contributed by atoms with Gasteiger partial charge in [-0.25, -0.2) is 4.39 Å². The second-order valence-corrected chi connectivity index (χ2v) is 6.62. The molecule has 1 nitrogen and oxygen atoms in total. The number of alkyl halides is 1. The molecule has 2 rings (SSSR count). The van der Waals surface area contributed by atoms with E-state index in [0.29, 0.717) is 15.8 Å². The van der Waals surface area contributed by atoms with Gasteiger partial charge in [-0.2, -0.15) is 0 Å². The molecular formula is C15H12Br2ClFO. The Balaban J connectivity index is 2.52. The number of rotatable bonds is 3. The van der Waals surface area contributed by atoms with E-state index in [0.717, 1.165) is 15.6 Å². The fourth-order valence-electron chi connectivity index (χ4n) is 1.95. The summed E-state index contributed by atoms with van der Waals surface area (Å²) in [5, 5.41) is -0.492. The van der Waals surface area contributed by atoms with Crippen molar-refractivity contribution in [2.75, 3.05) is 7.11 Å². The van der Waals surface area contributed by atoms with Crippen molar-refractivity contribution in [2.24, 2.45) is 0 Å². The van der Waals surface area contributed by atoms with Crippen molar-refractivity contribution in [1.82, 2.24) is 0 Å². The lowest BCUT2D eigenvalue weighted by Crippen LogP contribution is -1.99. The molecular weight excluding hydrogens is 410 g/mol. The van der Waals surface area contributed by atoms with E-state index in [1.165, 1.54) is 12.1 Å². The van der Waals surface area contributed by atoms with Gasteiger partial charge >= 0.3 is 0 Å². The highest BCUT2D eigenvalue weighted by molar-refractivity contribution is 9.10. The maximum Gasteiger partial charge on any atom is 0.124 e. The van der Waals surface area contributed by atoms with Crippen molar-refractivity contribution in [2.45, 2.75) is 12.3 Å². The molecule has 0 spiro atoms. The third-order valence-corrected chi connectivity index (χ3v) is 4.76. The monoisotopic (exact) mass is 420 g/mol. The molecule has 0 saturated carbocycles. The molecule has 0 bridgehead atoms. The van der Waals surface area contributed by atoms with Crippen LogP contribution in [0.3, 0.4) is 0 Å². The zero-order chi connectivity index (χ0) is 14.9. The van der Waals surface area contributed by atoms with Crippen molar-refractivity contribution in [1.29, 1.82) is 0 Å². The second kappa shape index (κ2) is 6.46. The summed E-state index contributed by atoms with van der Waals surface area (Å²) in [5.74, 6) is 0.358. The molecule has 1 atom stereocenters. The molecule has 20 heavy (non-hydrogen) atoms. The van der Waals surface area contributed by atoms with Crippen LogP contribution >= 0.6 is 43.5 Å². The summed E-state index contributed by atoms with van der Waals surface area (Å²) >= 11 is 13.3. The summed E-state index contributed by atoms with van der Waals surface area (Å²) in [7, 11) is 1.59. The molecule has 0 N–H and O–H groups in total. The lowest BCUT2D eigenvalue weighted by atomic mass is 10.0. The molecule has 0 saturated heterocycles. The van der Waals surface area contributed by atoms with Crippen LogP contribution in [-0.4, -0.2) is 7.11 Å². The van der Waals surface area contributed by atoms with Crippen LogP contribution < -0.4 is 4.74 Å². The molecule has 2 aromatic rings. The summed E-state index contributed by atoms with van der Waals surface area (Å²) < 4.78 is 20.5. The number of methoxy groups -OCH3 is 1. The van der Waals surface area contributed by atoms with Gasteiger partial charge in [-0.1, -0.05) is 31.9 Å². The van der Waals surface area contributed by atoms with Crippen LogP contribution in [0.4, 0.5) is 4.39 Å². The molecule has 0 aliphatic rings. The highest BCUT2D eigenvalue weighted by atomic mass is 79.9. The highest BCUT2D eigenvalue weighted by Gasteiger charge is 2.18. The smallest absolute Gasteiger partial charge is 0.124 e. The standard InChI is InChI=1S/C15H12Br2ClFO/c1-8-3-14(20-2)12(7-13(8)17)15(18)9-4-10(16)6-11(19)5-9/h3-7,15H,1-2H3. The molecule has 5 heteroatoms. The van der Waals surface area contributed by atoms with Crippen LogP contribution in [0.15, 0.2) is 39.3 Å². The van der Waals surface area contributed by atoms with E-state index in [4.69, 9.17) is 16.3 Å². The van der Waals surface area contributed by atoms with Crippen molar-refractivity contribution in [3.8, 4) is 5.75 Å². The molecule has 0 aliphatic heterocycles. The van der Waals surface area contributed by atoms with Crippen LogP contribution in [0.1, 0.15) is 22.1 Å². The minimum Gasteiger partial charge on any atom is -0.496 e. The minimum absolute atomic E-state index is 0.329. The van der Waals surface area contributed by atoms with Gasteiger partial charge in [0.05, 0.1) is 12.5 Å². The van der Waals surface area contributed by atoms with Crippen molar-refractivity contribution in [3.63, 3.8) is 0 Å². The predicted octanol–water partition coefficient (Wildman–Crippen LogP) is 6.00. The summed E-state index contributed by atoms with van der Waals surface area (Å²) in [6.07, 6.45) is 0. The van der Waals surface area contributed by atoms with E-state index in [1.807, 2.05) is 19.1 Å². The normalized spacial score (nSPS) is 12.3. The molecule has 0 radical (unpaired) electrons. The van der Waals surface area contributed by atoms with Gasteiger partial charge in [0.25, 0.3) is 0 Å². The molecule has 0 fully saturated rings. The van der Waals surface area contributed by atoms with Gasteiger partial charge in [0.1, 0.15) is 11.6 Å². The Kier molecular flexibility index (Phi) is 5.10. The van der Waals surface area contributed by atoms with Gasteiger partial charge in [-0.15, -0.1) is 11.6 Å². The van der Waals surface area contributed by atoms with Crippen molar-refractivity contribution >= 4 is 43.5 Å². The lowest BCUT2D eigenvalue weighted by Gasteiger charge is -2.16. The number of aryl methyl sites for hydroxylation is 1. The van der Waals surface area contributed by atoms with Gasteiger partial charge in [0, 0.05) is 14.5 Å². The van der Waals surface area contributed by atoms with Gasteiger partial charge in [0.15, 0.2) is 0 Å². The maximum absolute atomic E-state index is 13.5. The first-order valence-corrected chi connectivity index (χ1v) is 7.88. The number of hydrogen-bond acceptors (Lipinski definition) is 1. The zero-order valence-electron chi connectivity index (χ0n) is 10.9. The largest absolute Gasteiger partial charge is 0.496 e. The number of benzene rings is 2. The topological polar surface area (TPSA) is 9.23 Å². The van der Waals surface area contributed by atoms with Crippen molar-refractivity contribution in [3.05, 3.63) is 61.8 Å². The molecule has 0 aliphatic carbocycles. The number of ether oxygens (including phenoxy) is 1. The van der Waals surface area contributed by atoms with E-state index >= 15 is 0 Å². The van der Waals surface area contributed by atoms with Gasteiger partial charge in [0.2, 0.25) is 0 Å². The van der Waals surface area contributed by atoms with Crippen LogP contribution in [0.5, 0.6) is 5.75 Å². The molecule has 106 valence electrons. The van der Waals surface area contributed by atoms with Gasteiger partial charge < -0.3 is 4.74 Å². The van der Waals surface area contributed by atoms with E-state index < -0.39 is 5.38 Å². The van der Waals surface area contributed by atoms with E-state index in [9.17, 15) is 4.39 Å². The maximum atomic E-state index is 13.5. The van der Waals surface area contributed by atoms with Crippen LogP contribution in [0.2, 0.25) is 0 Å². The number of halogens is 4. The fraction of sp³-hybridized carbons (Fsp3) is 0.200. The third kappa shape index (κ3) is 3.35. The van der Waals surface area contributed by atoms with Gasteiger partial charge in [-0.3, -0.25) is 0 Å². The zero-order valence-corrected chi connectivity index (χ0v) is 14.8. The van der Waals surface area contributed by atoms with E-state index in [1.54, 1.807) is 13.2 Å². The molecule has 0 amide bonds. The summed E-state index contributed by atoms with van der Waals surface area (Å²) in [5.41, 5.74) is 2.52. The Morgan fingerprint density at radius 2 is 1.85 bits per heavy atom. The first-order chi connectivity index (χ1) is 9.42. The Morgan fingerprint density at radius 3 is 2.45 bits per heavy atom. The van der Waals surface area contributed by atoms with Crippen LogP contribution in [0.25, 0.3) is 0 Å². The Morgan fingerprint density at radius 1 is 1.15 bits per heavy atom. The lowest BCUT2D eigenvalue weighted by molar-refractivity contribution is 0.409. The van der Waals surface area contributed by atoms with Crippen LogP contribution in [-0.2, 0) is 0 Å². The highest BCUT2D eigenvalue weighted by Crippen LogP contribution is 2.39. The van der Waals surface area contributed by atoms with Crippen LogP contribution in [0, 0.1) is 12.7 Å². The quantitative estimate of drug-likeness (QED) is 0.552. The second-order valence-electron chi connectivity index (χ2n) is 4.41. The predicted molar refractivity (Wildman–Crippen MR) is 87.2 cm³/mol. The van der Waals surface area contributed by atoms with E-state index in [-0.39, 0.29) is 5.82 Å². The SMILES string of the molecule is COc1cc(C)c(Br)cc1C(Cl)c1cc(F)cc(Br)c1. The average Bonchev–Trinajstić information content (AvgIpc) is 2.39.